The lowest BCUT2D eigenvalue weighted by Crippen LogP contribution is -2.11. The van der Waals surface area contributed by atoms with Crippen molar-refractivity contribution < 1.29 is 0 Å². The molecule has 0 amide bonds. The number of para-hydroxylation sites is 2. The lowest BCUT2D eigenvalue weighted by Gasteiger charge is -2.20. The van der Waals surface area contributed by atoms with Crippen molar-refractivity contribution in [3.8, 4) is 22.9 Å². The summed E-state index contributed by atoms with van der Waals surface area (Å²) in [6, 6.07) is 43.7. The summed E-state index contributed by atoms with van der Waals surface area (Å²) in [6.07, 6.45) is 9.64. The van der Waals surface area contributed by atoms with Crippen LogP contribution in [0.15, 0.2) is 146 Å². The van der Waals surface area contributed by atoms with Gasteiger partial charge in [0.25, 0.3) is 0 Å². The van der Waals surface area contributed by atoms with Gasteiger partial charge in [-0.2, -0.15) is 0 Å². The van der Waals surface area contributed by atoms with Crippen LogP contribution in [-0.2, 0) is 5.41 Å². The van der Waals surface area contributed by atoms with E-state index in [2.05, 4.69) is 176 Å². The number of allylic oxidation sites excluding steroid dienone is 4. The molecule has 0 fully saturated rings. The first kappa shape index (κ1) is 28.5. The van der Waals surface area contributed by atoms with Crippen molar-refractivity contribution in [2.45, 2.75) is 38.5 Å². The molecule has 1 unspecified atom stereocenters. The topological polar surface area (TPSA) is 35.6 Å². The van der Waals surface area contributed by atoms with Crippen LogP contribution in [0, 0.1) is 0 Å². The predicted molar refractivity (Wildman–Crippen MR) is 200 cm³/mol. The predicted octanol–water partition coefficient (Wildman–Crippen LogP) is 11.2. The summed E-state index contributed by atoms with van der Waals surface area (Å²) in [6.45, 7) is 6.80. The molecule has 4 nitrogen and oxygen atoms in total. The first-order chi connectivity index (χ1) is 23.5. The van der Waals surface area contributed by atoms with Gasteiger partial charge in [-0.1, -0.05) is 136 Å². The highest BCUT2D eigenvalue weighted by molar-refractivity contribution is 6.23. The number of aromatic nitrogens is 4. The molecule has 5 aromatic carbocycles. The van der Waals surface area contributed by atoms with Crippen molar-refractivity contribution in [2.75, 3.05) is 0 Å². The minimum absolute atomic E-state index is 0.0706. The lowest BCUT2D eigenvalue weighted by atomic mass is 9.87. The smallest absolute Gasteiger partial charge is 0.235 e. The molecule has 0 aliphatic heterocycles. The van der Waals surface area contributed by atoms with Gasteiger partial charge in [0.1, 0.15) is 0 Å². The summed E-state index contributed by atoms with van der Waals surface area (Å²) in [7, 11) is 0. The molecule has 4 heteroatoms. The van der Waals surface area contributed by atoms with E-state index >= 15 is 0 Å². The Balaban J connectivity index is 1.42. The maximum absolute atomic E-state index is 5.38. The summed E-state index contributed by atoms with van der Waals surface area (Å²) >= 11 is 0. The van der Waals surface area contributed by atoms with E-state index in [0.29, 0.717) is 5.95 Å². The van der Waals surface area contributed by atoms with E-state index in [1.165, 1.54) is 32.6 Å². The van der Waals surface area contributed by atoms with Crippen molar-refractivity contribution in [2.24, 2.45) is 0 Å². The molecule has 0 radical (unpaired) electrons. The Morgan fingerprint density at radius 1 is 0.604 bits per heavy atom. The van der Waals surface area contributed by atoms with Crippen molar-refractivity contribution in [3.63, 3.8) is 0 Å². The fourth-order valence-electron chi connectivity index (χ4n) is 7.39. The van der Waals surface area contributed by atoms with Crippen LogP contribution in [0.4, 0.5) is 0 Å². The van der Waals surface area contributed by atoms with Gasteiger partial charge >= 0.3 is 0 Å². The molecule has 0 N–H and O–H groups in total. The zero-order chi connectivity index (χ0) is 32.4. The molecule has 8 aromatic rings. The van der Waals surface area contributed by atoms with E-state index in [-0.39, 0.29) is 11.3 Å². The highest BCUT2D eigenvalue weighted by Crippen LogP contribution is 2.42. The highest BCUT2D eigenvalue weighted by atomic mass is 15.2. The maximum Gasteiger partial charge on any atom is 0.235 e. The average molecular weight is 621 g/mol. The summed E-state index contributed by atoms with van der Waals surface area (Å²) in [5.41, 5.74) is 10.1. The molecule has 3 heterocycles. The number of rotatable bonds is 4. The fourth-order valence-corrected chi connectivity index (χ4v) is 7.39. The normalized spacial score (nSPS) is 14.9. The Morgan fingerprint density at radius 3 is 1.88 bits per heavy atom. The Kier molecular flexibility index (Phi) is 6.48. The molecule has 3 aromatic heterocycles. The van der Waals surface area contributed by atoms with E-state index in [9.17, 15) is 0 Å². The standard InChI is InChI=1S/C44H36N4/c1-44(2,3)31-22-24-32(25-23-31)47-39-20-12-10-18-33(39)35-26-27-36-34-19-11-13-21-40(34)48(42(36)41(35)47)43-45-37(29-14-6-4-7-15-29)28-38(46-43)30-16-8-5-9-17-30/h4-16,18-28,30H,17H2,1-3H3. The number of hydrogen-bond donors (Lipinski definition) is 0. The Morgan fingerprint density at radius 2 is 1.23 bits per heavy atom. The zero-order valence-electron chi connectivity index (χ0n) is 27.4. The lowest BCUT2D eigenvalue weighted by molar-refractivity contribution is 0.590. The van der Waals surface area contributed by atoms with E-state index < -0.39 is 0 Å². The number of benzene rings is 5. The van der Waals surface area contributed by atoms with Crippen LogP contribution in [-0.4, -0.2) is 19.1 Å². The molecule has 0 saturated carbocycles. The van der Waals surface area contributed by atoms with Gasteiger partial charge in [0.2, 0.25) is 5.95 Å². The van der Waals surface area contributed by atoms with Gasteiger partial charge in [0.15, 0.2) is 0 Å². The third-order valence-corrected chi connectivity index (χ3v) is 9.82. The molecule has 48 heavy (non-hydrogen) atoms. The van der Waals surface area contributed by atoms with Gasteiger partial charge in [-0.3, -0.25) is 4.57 Å². The zero-order valence-corrected chi connectivity index (χ0v) is 27.4. The molecule has 1 aliphatic rings. The second-order valence-corrected chi connectivity index (χ2v) is 13.9. The third kappa shape index (κ3) is 4.51. The van der Waals surface area contributed by atoms with Crippen LogP contribution < -0.4 is 0 Å². The van der Waals surface area contributed by atoms with Crippen LogP contribution in [0.25, 0.3) is 66.5 Å². The van der Waals surface area contributed by atoms with Crippen LogP contribution >= 0.6 is 0 Å². The fraction of sp³-hybridized carbons (Fsp3) is 0.136. The van der Waals surface area contributed by atoms with Crippen LogP contribution in [0.5, 0.6) is 0 Å². The monoisotopic (exact) mass is 620 g/mol. The van der Waals surface area contributed by atoms with Gasteiger partial charge in [0.05, 0.1) is 33.5 Å². The van der Waals surface area contributed by atoms with E-state index in [1.54, 1.807) is 0 Å². The van der Waals surface area contributed by atoms with Crippen molar-refractivity contribution >= 4 is 43.6 Å². The summed E-state index contributed by atoms with van der Waals surface area (Å²) in [5, 5.41) is 4.81. The molecule has 0 saturated heterocycles. The SMILES string of the molecule is CC(C)(C)c1ccc(-n2c3ccccc3c3ccc4c5ccccc5n(-c5nc(-c6ccccc6)cc(C6C=CC=CC6)n5)c4c32)cc1. The molecule has 9 rings (SSSR count). The largest absolute Gasteiger partial charge is 0.307 e. The van der Waals surface area contributed by atoms with E-state index in [1.807, 2.05) is 0 Å². The van der Waals surface area contributed by atoms with Gasteiger partial charge in [0, 0.05) is 38.7 Å². The van der Waals surface area contributed by atoms with E-state index in [0.717, 1.165) is 45.6 Å². The number of hydrogen-bond acceptors (Lipinski definition) is 2. The number of nitrogens with zero attached hydrogens (tertiary/aromatic N) is 4. The molecule has 1 aliphatic carbocycles. The van der Waals surface area contributed by atoms with E-state index in [4.69, 9.17) is 9.97 Å². The van der Waals surface area contributed by atoms with Gasteiger partial charge < -0.3 is 4.57 Å². The summed E-state index contributed by atoms with van der Waals surface area (Å²) < 4.78 is 4.75. The molecule has 232 valence electrons. The van der Waals surface area contributed by atoms with Crippen molar-refractivity contribution in [1.82, 2.24) is 19.1 Å². The van der Waals surface area contributed by atoms with Crippen molar-refractivity contribution in [1.29, 1.82) is 0 Å². The van der Waals surface area contributed by atoms with Gasteiger partial charge in [-0.25, -0.2) is 9.97 Å². The maximum atomic E-state index is 5.38. The summed E-state index contributed by atoms with van der Waals surface area (Å²) in [5.74, 6) is 0.869. The highest BCUT2D eigenvalue weighted by Gasteiger charge is 2.24. The minimum atomic E-state index is 0.0706. The second-order valence-electron chi connectivity index (χ2n) is 13.9. The molecular formula is C44H36N4. The van der Waals surface area contributed by atoms with Gasteiger partial charge in [-0.15, -0.1) is 0 Å². The van der Waals surface area contributed by atoms with Crippen LogP contribution in [0.2, 0.25) is 0 Å². The molecule has 0 spiro atoms. The Labute approximate surface area is 280 Å². The van der Waals surface area contributed by atoms with Gasteiger partial charge in [-0.05, 0) is 47.7 Å². The molecule has 1 atom stereocenters. The molecule has 0 bridgehead atoms. The average Bonchev–Trinajstić information content (AvgIpc) is 3.65. The third-order valence-electron chi connectivity index (χ3n) is 9.82. The number of fused-ring (bicyclic) bond motifs is 7. The Bertz CT molecular complexity index is 2560. The molecular weight excluding hydrogens is 585 g/mol. The quantitative estimate of drug-likeness (QED) is 0.196. The second kappa shape index (κ2) is 10.9. The van der Waals surface area contributed by atoms with Crippen LogP contribution in [0.1, 0.15) is 44.4 Å². The van der Waals surface area contributed by atoms with Crippen molar-refractivity contribution in [3.05, 3.63) is 157 Å². The first-order valence-corrected chi connectivity index (χ1v) is 16.8. The first-order valence-electron chi connectivity index (χ1n) is 16.8. The summed E-state index contributed by atoms with van der Waals surface area (Å²) in [4.78, 5) is 10.7. The van der Waals surface area contributed by atoms with Crippen LogP contribution in [0.3, 0.4) is 0 Å². The Hall–Kier alpha value is -5.74. The minimum Gasteiger partial charge on any atom is -0.307 e.